The molecule has 0 aliphatic carbocycles. The molecule has 0 fully saturated rings. The normalized spacial score (nSPS) is 17.2. The number of anilines is 1. The monoisotopic (exact) mass is 271 g/mol. The second-order valence-electron chi connectivity index (χ2n) is 4.50. The molecule has 3 rings (SSSR count). The first-order valence-electron chi connectivity index (χ1n) is 6.25. The summed E-state index contributed by atoms with van der Waals surface area (Å²) in [6.07, 6.45) is 1.38. The van der Waals surface area contributed by atoms with E-state index in [9.17, 15) is 9.59 Å². The maximum atomic E-state index is 12.2. The molecule has 2 N–H and O–H groups in total. The molecule has 20 heavy (non-hydrogen) atoms. The van der Waals surface area contributed by atoms with Crippen LogP contribution < -0.4 is 10.6 Å². The first-order chi connectivity index (χ1) is 9.74. The Bertz CT molecular complexity index is 637. The van der Waals surface area contributed by atoms with Gasteiger partial charge in [-0.25, -0.2) is 4.68 Å². The molecule has 0 radical (unpaired) electrons. The number of hydrogen-bond acceptors (Lipinski definition) is 4. The second-order valence-corrected chi connectivity index (χ2v) is 4.50. The van der Waals surface area contributed by atoms with Crippen molar-refractivity contribution < 1.29 is 9.59 Å². The molecule has 1 aromatic carbocycles. The van der Waals surface area contributed by atoms with Crippen LogP contribution in [-0.2, 0) is 16.1 Å². The molecule has 2 amide bonds. The lowest BCUT2D eigenvalue weighted by atomic mass is 10.1. The van der Waals surface area contributed by atoms with Gasteiger partial charge in [-0.15, -0.1) is 0 Å². The lowest BCUT2D eigenvalue weighted by molar-refractivity contribution is -0.129. The van der Waals surface area contributed by atoms with Gasteiger partial charge in [0, 0.05) is 6.54 Å². The molecule has 2 aromatic rings. The lowest BCUT2D eigenvalue weighted by Crippen LogP contribution is -2.39. The predicted molar refractivity (Wildman–Crippen MR) is 70.6 cm³/mol. The Morgan fingerprint density at radius 2 is 2.20 bits per heavy atom. The highest BCUT2D eigenvalue weighted by Crippen LogP contribution is 2.21. The Morgan fingerprint density at radius 3 is 3.00 bits per heavy atom. The number of nitrogens with one attached hydrogen (secondary N) is 2. The number of hydrogen-bond donors (Lipinski definition) is 2. The summed E-state index contributed by atoms with van der Waals surface area (Å²) < 4.78 is 1.43. The number of fused-ring (bicyclic) bond motifs is 1. The van der Waals surface area contributed by atoms with Crippen molar-refractivity contribution in [2.75, 3.05) is 5.32 Å². The molecule has 0 saturated carbocycles. The standard InChI is InChI=1S/C13H13N5O2/c19-11-6-10(18-13(17-11)15-8-16-18)12(20)14-7-9-4-2-1-3-5-9/h1-5,8,10H,6-7H2,(H,14,20)(H,15,16,17,19). The van der Waals surface area contributed by atoms with Gasteiger partial charge in [0.05, 0.1) is 6.42 Å². The Kier molecular flexibility index (Phi) is 3.16. The fourth-order valence-corrected chi connectivity index (χ4v) is 2.11. The van der Waals surface area contributed by atoms with Crippen molar-refractivity contribution in [3.63, 3.8) is 0 Å². The molecule has 7 heteroatoms. The van der Waals surface area contributed by atoms with E-state index in [1.54, 1.807) is 0 Å². The minimum absolute atomic E-state index is 0.0665. The van der Waals surface area contributed by atoms with E-state index in [1.807, 2.05) is 30.3 Å². The van der Waals surface area contributed by atoms with Gasteiger partial charge < -0.3 is 5.32 Å². The van der Waals surface area contributed by atoms with Crippen molar-refractivity contribution in [1.29, 1.82) is 0 Å². The molecule has 1 unspecified atom stereocenters. The number of amides is 2. The van der Waals surface area contributed by atoms with E-state index in [0.717, 1.165) is 5.56 Å². The van der Waals surface area contributed by atoms with Crippen molar-refractivity contribution in [3.8, 4) is 0 Å². The minimum Gasteiger partial charge on any atom is -0.350 e. The molecular weight excluding hydrogens is 258 g/mol. The molecular formula is C13H13N5O2. The van der Waals surface area contributed by atoms with Gasteiger partial charge in [-0.3, -0.25) is 14.9 Å². The van der Waals surface area contributed by atoms with E-state index in [2.05, 4.69) is 20.7 Å². The predicted octanol–water partition coefficient (Wildman–Crippen LogP) is 0.478. The fraction of sp³-hybridized carbons (Fsp3) is 0.231. The first kappa shape index (κ1) is 12.3. The summed E-state index contributed by atoms with van der Waals surface area (Å²) in [7, 11) is 0. The highest BCUT2D eigenvalue weighted by molar-refractivity contribution is 5.95. The van der Waals surface area contributed by atoms with Gasteiger partial charge in [-0.2, -0.15) is 10.1 Å². The van der Waals surface area contributed by atoms with Gasteiger partial charge in [0.25, 0.3) is 0 Å². The molecule has 1 atom stereocenters. The minimum atomic E-state index is -0.648. The van der Waals surface area contributed by atoms with E-state index in [4.69, 9.17) is 0 Å². The number of aromatic nitrogens is 3. The van der Waals surface area contributed by atoms with Crippen LogP contribution in [0.1, 0.15) is 18.0 Å². The molecule has 2 heterocycles. The highest BCUT2D eigenvalue weighted by Gasteiger charge is 2.31. The number of carbonyl (C=O) groups excluding carboxylic acids is 2. The zero-order valence-electron chi connectivity index (χ0n) is 10.6. The molecule has 0 spiro atoms. The molecule has 102 valence electrons. The third-order valence-electron chi connectivity index (χ3n) is 3.11. The third-order valence-corrected chi connectivity index (χ3v) is 3.11. The number of rotatable bonds is 3. The highest BCUT2D eigenvalue weighted by atomic mass is 16.2. The zero-order chi connectivity index (χ0) is 13.9. The zero-order valence-corrected chi connectivity index (χ0v) is 10.6. The largest absolute Gasteiger partial charge is 0.350 e. The average Bonchev–Trinajstić information content (AvgIpc) is 2.93. The van der Waals surface area contributed by atoms with Gasteiger partial charge in [0.2, 0.25) is 17.8 Å². The van der Waals surface area contributed by atoms with E-state index in [-0.39, 0.29) is 18.2 Å². The molecule has 1 aromatic heterocycles. The van der Waals surface area contributed by atoms with Crippen molar-refractivity contribution in [2.45, 2.75) is 19.0 Å². The van der Waals surface area contributed by atoms with Gasteiger partial charge in [0.15, 0.2) is 0 Å². The molecule has 1 aliphatic rings. The number of benzene rings is 1. The molecule has 1 aliphatic heterocycles. The van der Waals surface area contributed by atoms with Crippen LogP contribution in [0.2, 0.25) is 0 Å². The van der Waals surface area contributed by atoms with E-state index < -0.39 is 6.04 Å². The van der Waals surface area contributed by atoms with Gasteiger partial charge in [-0.05, 0) is 5.56 Å². The van der Waals surface area contributed by atoms with Crippen molar-refractivity contribution in [3.05, 3.63) is 42.2 Å². The maximum Gasteiger partial charge on any atom is 0.245 e. The SMILES string of the molecule is O=C1CC(C(=O)NCc2ccccc2)n2ncnc2N1. The van der Waals surface area contributed by atoms with Crippen LogP contribution in [0.5, 0.6) is 0 Å². The topological polar surface area (TPSA) is 88.9 Å². The molecule has 0 bridgehead atoms. The van der Waals surface area contributed by atoms with Crippen LogP contribution in [0, 0.1) is 0 Å². The average molecular weight is 271 g/mol. The van der Waals surface area contributed by atoms with Crippen molar-refractivity contribution in [2.24, 2.45) is 0 Å². The Balaban J connectivity index is 1.71. The number of carbonyl (C=O) groups is 2. The first-order valence-corrected chi connectivity index (χ1v) is 6.25. The molecule has 0 saturated heterocycles. The van der Waals surface area contributed by atoms with Crippen molar-refractivity contribution >= 4 is 17.8 Å². The van der Waals surface area contributed by atoms with Crippen molar-refractivity contribution in [1.82, 2.24) is 20.1 Å². The summed E-state index contributed by atoms with van der Waals surface area (Å²) >= 11 is 0. The van der Waals surface area contributed by atoms with Crippen LogP contribution >= 0.6 is 0 Å². The summed E-state index contributed by atoms with van der Waals surface area (Å²) in [5.74, 6) is -0.165. The summed E-state index contributed by atoms with van der Waals surface area (Å²) in [4.78, 5) is 27.6. The van der Waals surface area contributed by atoms with Gasteiger partial charge in [-0.1, -0.05) is 30.3 Å². The van der Waals surface area contributed by atoms with Crippen LogP contribution in [0.25, 0.3) is 0 Å². The smallest absolute Gasteiger partial charge is 0.245 e. The summed E-state index contributed by atoms with van der Waals surface area (Å²) in [5.41, 5.74) is 1.000. The maximum absolute atomic E-state index is 12.2. The molecule has 7 nitrogen and oxygen atoms in total. The Labute approximate surface area is 115 Å². The summed E-state index contributed by atoms with van der Waals surface area (Å²) in [6.45, 7) is 0.418. The fourth-order valence-electron chi connectivity index (χ4n) is 2.11. The summed E-state index contributed by atoms with van der Waals surface area (Å²) in [5, 5.41) is 9.36. The van der Waals surface area contributed by atoms with Crippen LogP contribution in [-0.4, -0.2) is 26.6 Å². The third kappa shape index (κ3) is 2.37. The second kappa shape index (κ2) is 5.12. The van der Waals surface area contributed by atoms with E-state index >= 15 is 0 Å². The van der Waals surface area contributed by atoms with E-state index in [1.165, 1.54) is 11.0 Å². The number of nitrogens with zero attached hydrogens (tertiary/aromatic N) is 3. The quantitative estimate of drug-likeness (QED) is 0.849. The lowest BCUT2D eigenvalue weighted by Gasteiger charge is -2.22. The van der Waals surface area contributed by atoms with Crippen LogP contribution in [0.15, 0.2) is 36.7 Å². The summed E-state index contributed by atoms with van der Waals surface area (Å²) in [6, 6.07) is 8.93. The van der Waals surface area contributed by atoms with Crippen LogP contribution in [0.3, 0.4) is 0 Å². The van der Waals surface area contributed by atoms with Gasteiger partial charge >= 0.3 is 0 Å². The van der Waals surface area contributed by atoms with E-state index in [0.29, 0.717) is 12.5 Å². The Morgan fingerprint density at radius 1 is 1.40 bits per heavy atom. The van der Waals surface area contributed by atoms with Gasteiger partial charge in [0.1, 0.15) is 12.4 Å². The van der Waals surface area contributed by atoms with Crippen LogP contribution in [0.4, 0.5) is 5.95 Å². The Hall–Kier alpha value is -2.70.